The number of halogens is 1. The summed E-state index contributed by atoms with van der Waals surface area (Å²) in [5, 5.41) is 7.52. The molecule has 0 amide bonds. The fourth-order valence-corrected chi connectivity index (χ4v) is 2.08. The minimum Gasteiger partial charge on any atom is -0.312 e. The van der Waals surface area contributed by atoms with Crippen LogP contribution in [0.1, 0.15) is 44.6 Å². The third-order valence-corrected chi connectivity index (χ3v) is 3.27. The van der Waals surface area contributed by atoms with Crippen molar-refractivity contribution in [1.29, 1.82) is 5.41 Å². The van der Waals surface area contributed by atoms with E-state index in [9.17, 15) is 9.18 Å². The molecular weight excluding hydrogens is 229 g/mol. The highest BCUT2D eigenvalue weighted by Crippen LogP contribution is 2.27. The molecule has 0 saturated heterocycles. The molecule has 0 aliphatic carbocycles. The van der Waals surface area contributed by atoms with Gasteiger partial charge in [-0.1, -0.05) is 44.7 Å². The second-order valence-electron chi connectivity index (χ2n) is 4.62. The lowest BCUT2D eigenvalue weighted by Crippen LogP contribution is -2.29. The van der Waals surface area contributed by atoms with Gasteiger partial charge in [-0.3, -0.25) is 0 Å². The van der Waals surface area contributed by atoms with Gasteiger partial charge in [0.05, 0.1) is 5.41 Å². The number of benzene rings is 1. The topological polar surface area (TPSA) is 40.9 Å². The van der Waals surface area contributed by atoms with Gasteiger partial charge in [0.1, 0.15) is 12.1 Å². The lowest BCUT2D eigenvalue weighted by Gasteiger charge is -2.23. The smallest absolute Gasteiger partial charge is 0.135 e. The molecule has 3 heteroatoms. The summed E-state index contributed by atoms with van der Waals surface area (Å²) in [6.45, 7) is 2.12. The minimum absolute atomic E-state index is 0.367. The lowest BCUT2D eigenvalue weighted by molar-refractivity contribution is -0.110. The first kappa shape index (κ1) is 14.6. The number of carbonyl (C=O) groups is 1. The van der Waals surface area contributed by atoms with Gasteiger partial charge in [0.25, 0.3) is 0 Å². The van der Waals surface area contributed by atoms with Crippen molar-refractivity contribution in [2.45, 2.75) is 44.4 Å². The molecule has 1 aromatic carbocycles. The summed E-state index contributed by atoms with van der Waals surface area (Å²) in [6, 6.07) is 5.99. The molecule has 0 bridgehead atoms. The Labute approximate surface area is 108 Å². The molecule has 0 aromatic heterocycles. The second-order valence-corrected chi connectivity index (χ2v) is 4.62. The van der Waals surface area contributed by atoms with Crippen LogP contribution in [-0.2, 0) is 10.2 Å². The molecule has 0 aliphatic heterocycles. The third-order valence-electron chi connectivity index (χ3n) is 3.27. The zero-order valence-corrected chi connectivity index (χ0v) is 10.8. The zero-order valence-electron chi connectivity index (χ0n) is 10.8. The first-order valence-corrected chi connectivity index (χ1v) is 6.42. The van der Waals surface area contributed by atoms with E-state index < -0.39 is 5.41 Å². The van der Waals surface area contributed by atoms with Crippen molar-refractivity contribution in [1.82, 2.24) is 0 Å². The molecule has 0 fully saturated rings. The van der Waals surface area contributed by atoms with Crippen LogP contribution in [0.2, 0.25) is 0 Å². The van der Waals surface area contributed by atoms with Crippen molar-refractivity contribution in [3.63, 3.8) is 0 Å². The summed E-state index contributed by atoms with van der Waals surface area (Å²) in [6.07, 6.45) is 6.63. The number of hydrogen-bond acceptors (Lipinski definition) is 2. The molecule has 1 N–H and O–H groups in total. The number of carbonyl (C=O) groups excluding carboxylic acids is 1. The van der Waals surface area contributed by atoms with E-state index in [4.69, 9.17) is 5.41 Å². The summed E-state index contributed by atoms with van der Waals surface area (Å²) in [5.41, 5.74) is -0.389. The van der Waals surface area contributed by atoms with Crippen LogP contribution in [0.25, 0.3) is 0 Å². The highest BCUT2D eigenvalue weighted by molar-refractivity contribution is 5.92. The van der Waals surface area contributed by atoms with Crippen molar-refractivity contribution in [2.75, 3.05) is 0 Å². The molecule has 2 nitrogen and oxygen atoms in total. The SMILES string of the molecule is CCCCCCC(C=N)(C=O)c1cccc(F)c1. The molecule has 0 aliphatic rings. The van der Waals surface area contributed by atoms with E-state index in [1.54, 1.807) is 12.1 Å². The Kier molecular flexibility index (Phi) is 5.69. The normalized spacial score (nSPS) is 13.9. The molecule has 0 heterocycles. The van der Waals surface area contributed by atoms with Crippen LogP contribution >= 0.6 is 0 Å². The van der Waals surface area contributed by atoms with Crippen LogP contribution in [0.4, 0.5) is 4.39 Å². The van der Waals surface area contributed by atoms with Crippen molar-refractivity contribution < 1.29 is 9.18 Å². The number of nitrogens with one attached hydrogen (secondary N) is 1. The molecule has 18 heavy (non-hydrogen) atoms. The largest absolute Gasteiger partial charge is 0.312 e. The van der Waals surface area contributed by atoms with Crippen molar-refractivity contribution >= 4 is 12.5 Å². The first-order valence-electron chi connectivity index (χ1n) is 6.42. The molecular formula is C15H20FNO. The first-order chi connectivity index (χ1) is 8.68. The number of aldehydes is 1. The molecule has 1 rings (SSSR count). The summed E-state index contributed by atoms with van der Waals surface area (Å²) in [7, 11) is 0. The number of hydrogen-bond donors (Lipinski definition) is 1. The Morgan fingerprint density at radius 2 is 2.11 bits per heavy atom. The van der Waals surface area contributed by atoms with Gasteiger partial charge in [0, 0.05) is 6.21 Å². The maximum atomic E-state index is 13.2. The minimum atomic E-state index is -0.962. The van der Waals surface area contributed by atoms with E-state index in [1.165, 1.54) is 12.1 Å². The van der Waals surface area contributed by atoms with Crippen LogP contribution in [0.15, 0.2) is 24.3 Å². The van der Waals surface area contributed by atoms with Gasteiger partial charge in [0.2, 0.25) is 0 Å². The molecule has 1 unspecified atom stereocenters. The van der Waals surface area contributed by atoms with E-state index in [0.717, 1.165) is 38.2 Å². The summed E-state index contributed by atoms with van der Waals surface area (Å²) < 4.78 is 13.2. The highest BCUT2D eigenvalue weighted by atomic mass is 19.1. The van der Waals surface area contributed by atoms with Gasteiger partial charge in [-0.15, -0.1) is 0 Å². The van der Waals surface area contributed by atoms with Gasteiger partial charge in [0.15, 0.2) is 0 Å². The number of rotatable bonds is 8. The van der Waals surface area contributed by atoms with Gasteiger partial charge in [-0.2, -0.15) is 0 Å². The molecule has 0 radical (unpaired) electrons. The fraction of sp³-hybridized carbons (Fsp3) is 0.467. The molecule has 1 atom stereocenters. The summed E-state index contributed by atoms with van der Waals surface area (Å²) in [4.78, 5) is 11.4. The Balaban J connectivity index is 2.85. The maximum Gasteiger partial charge on any atom is 0.135 e. The van der Waals surface area contributed by atoms with E-state index in [-0.39, 0.29) is 5.82 Å². The van der Waals surface area contributed by atoms with E-state index in [1.807, 2.05) is 0 Å². The number of unbranched alkanes of at least 4 members (excludes halogenated alkanes) is 3. The fourth-order valence-electron chi connectivity index (χ4n) is 2.08. The van der Waals surface area contributed by atoms with Crippen molar-refractivity contribution in [3.05, 3.63) is 35.6 Å². The van der Waals surface area contributed by atoms with Crippen LogP contribution in [0.3, 0.4) is 0 Å². The van der Waals surface area contributed by atoms with E-state index >= 15 is 0 Å². The Morgan fingerprint density at radius 3 is 2.67 bits per heavy atom. The van der Waals surface area contributed by atoms with Crippen LogP contribution in [0, 0.1) is 11.2 Å². The average molecular weight is 249 g/mol. The lowest BCUT2D eigenvalue weighted by atomic mass is 9.78. The predicted octanol–water partition coefficient (Wildman–Crippen LogP) is 3.88. The maximum absolute atomic E-state index is 13.2. The van der Waals surface area contributed by atoms with Gasteiger partial charge in [-0.05, 0) is 24.1 Å². The quantitative estimate of drug-likeness (QED) is 0.424. The van der Waals surface area contributed by atoms with Gasteiger partial charge in [-0.25, -0.2) is 4.39 Å². The molecule has 1 aromatic rings. The predicted molar refractivity (Wildman–Crippen MR) is 71.7 cm³/mol. The van der Waals surface area contributed by atoms with Crippen molar-refractivity contribution in [2.24, 2.45) is 0 Å². The zero-order chi connectivity index (χ0) is 13.4. The summed E-state index contributed by atoms with van der Waals surface area (Å²) >= 11 is 0. The van der Waals surface area contributed by atoms with E-state index in [0.29, 0.717) is 12.0 Å². The molecule has 0 saturated carbocycles. The molecule has 0 spiro atoms. The standard InChI is InChI=1S/C15H20FNO/c1-2-3-4-5-9-15(11-17,12-18)13-7-6-8-14(16)10-13/h6-8,10-12,17H,2-5,9H2,1H3. The van der Waals surface area contributed by atoms with Gasteiger partial charge < -0.3 is 10.2 Å². The van der Waals surface area contributed by atoms with Crippen LogP contribution in [-0.4, -0.2) is 12.5 Å². The van der Waals surface area contributed by atoms with Crippen molar-refractivity contribution in [3.8, 4) is 0 Å². The van der Waals surface area contributed by atoms with Gasteiger partial charge >= 0.3 is 0 Å². The Hall–Kier alpha value is -1.51. The van der Waals surface area contributed by atoms with Crippen LogP contribution < -0.4 is 0 Å². The monoisotopic (exact) mass is 249 g/mol. The average Bonchev–Trinajstić information content (AvgIpc) is 2.40. The molecule has 98 valence electrons. The highest BCUT2D eigenvalue weighted by Gasteiger charge is 2.29. The van der Waals surface area contributed by atoms with Crippen LogP contribution in [0.5, 0.6) is 0 Å². The second kappa shape index (κ2) is 7.04. The Bertz CT molecular complexity index is 395. The van der Waals surface area contributed by atoms with E-state index in [2.05, 4.69) is 6.92 Å². The third kappa shape index (κ3) is 3.49. The Morgan fingerprint density at radius 1 is 1.33 bits per heavy atom. The summed E-state index contributed by atoms with van der Waals surface area (Å²) in [5.74, 6) is -0.367.